The van der Waals surface area contributed by atoms with Crippen molar-refractivity contribution in [3.8, 4) is 0 Å². The van der Waals surface area contributed by atoms with Gasteiger partial charge in [0.15, 0.2) is 6.29 Å². The third-order valence-corrected chi connectivity index (χ3v) is 17.0. The highest BCUT2D eigenvalue weighted by molar-refractivity contribution is 5.76. The van der Waals surface area contributed by atoms with Gasteiger partial charge in [0, 0.05) is 6.42 Å². The molecule has 1 amide bonds. The number of hydrogen-bond acceptors (Lipinski definition) is 8. The normalized spacial score (nSPS) is 18.6. The van der Waals surface area contributed by atoms with Crippen LogP contribution in [0.1, 0.15) is 316 Å². The Kier molecular flexibility index (Phi) is 63.9. The first-order chi connectivity index (χ1) is 44.3. The number of rotatable bonds is 64. The minimum atomic E-state index is -1.58. The van der Waals surface area contributed by atoms with Crippen molar-refractivity contribution >= 4 is 5.91 Å². The van der Waals surface area contributed by atoms with Gasteiger partial charge < -0.3 is 40.3 Å². The summed E-state index contributed by atoms with van der Waals surface area (Å²) in [6.07, 6.45) is 97.1. The van der Waals surface area contributed by atoms with Gasteiger partial charge in [-0.3, -0.25) is 4.79 Å². The molecule has 1 aliphatic heterocycles. The fraction of sp³-hybridized carbons (Fsp3) is 0.716. The molecule has 7 atom stereocenters. The SMILES string of the molecule is CC/C=C\C/C=C\C/C=C\C/C=C\C/C=C\C/C=C\C/C=C\C/C=C\C/C=C\CCCCCCCCCC(=O)NC(COC1OC(CO)C(O)C(O)C1O)C(O)/C=C/CC/C=C/CCCCCCCCCCCCCCCCCCCCCCCCCCCC. The Morgan fingerprint density at radius 1 is 0.389 bits per heavy atom. The fourth-order valence-electron chi connectivity index (χ4n) is 11.2. The van der Waals surface area contributed by atoms with Gasteiger partial charge in [0.2, 0.25) is 5.91 Å². The summed E-state index contributed by atoms with van der Waals surface area (Å²) < 4.78 is 11.3. The Balaban J connectivity index is 2.17. The van der Waals surface area contributed by atoms with E-state index in [2.05, 4.69) is 141 Å². The van der Waals surface area contributed by atoms with E-state index >= 15 is 0 Å². The van der Waals surface area contributed by atoms with E-state index in [4.69, 9.17) is 9.47 Å². The topological polar surface area (TPSA) is 149 Å². The number of aliphatic hydroxyl groups is 5. The lowest BCUT2D eigenvalue weighted by atomic mass is 9.99. The second-order valence-electron chi connectivity index (χ2n) is 25.3. The van der Waals surface area contributed by atoms with Gasteiger partial charge in [-0.15, -0.1) is 0 Å². The highest BCUT2D eigenvalue weighted by atomic mass is 16.7. The van der Waals surface area contributed by atoms with E-state index in [-0.39, 0.29) is 12.5 Å². The number of carbonyl (C=O) groups is 1. The van der Waals surface area contributed by atoms with Gasteiger partial charge in [-0.25, -0.2) is 0 Å². The van der Waals surface area contributed by atoms with Crippen LogP contribution < -0.4 is 5.32 Å². The molecule has 0 spiro atoms. The van der Waals surface area contributed by atoms with Crippen LogP contribution in [0.15, 0.2) is 134 Å². The summed E-state index contributed by atoms with van der Waals surface area (Å²) in [6, 6.07) is -0.840. The fourth-order valence-corrected chi connectivity index (χ4v) is 11.2. The van der Waals surface area contributed by atoms with Crippen LogP contribution in [0.25, 0.3) is 0 Å². The van der Waals surface area contributed by atoms with Crippen LogP contribution in [0.2, 0.25) is 0 Å². The van der Waals surface area contributed by atoms with Crippen LogP contribution in [-0.4, -0.2) is 87.5 Å². The monoisotopic (exact) mass is 1250 g/mol. The quantitative estimate of drug-likeness (QED) is 0.0261. The standard InChI is InChI=1S/C81H139NO8/c1-3-5-7-9-11-13-15-17-19-21-23-25-27-29-31-33-35-37-38-39-41-43-45-47-49-51-53-55-57-59-61-63-65-67-69-71-77(85)82-74(73-89-81-80(88)79(87)78(86)76(72-83)90-81)75(84)70-68-66-64-62-60-58-56-54-52-50-48-46-44-42-40-36-34-32-30-28-26-24-22-20-18-16-14-12-10-8-6-4-2/h5,7,11,13,17,19,23,25,29,31,35,37,39,41,45,47,51,53,60,62,68,70,74-76,78-81,83-84,86-88H,3-4,6,8-10,12,14-16,18,20-22,24,26-28,30,32-34,36,38,40,42-44,46,48-50,52,54-59,61,63-67,69,71-73H2,1-2H3,(H,82,85)/b7-5-,13-11-,19-17-,25-23-,31-29-,37-35-,41-39-,47-45-,53-51-,62-60+,70-68+. The number of nitrogens with one attached hydrogen (secondary N) is 1. The Hall–Kier alpha value is -3.67. The maximum absolute atomic E-state index is 13.1. The third kappa shape index (κ3) is 55.9. The van der Waals surface area contributed by atoms with E-state index in [0.717, 1.165) is 109 Å². The molecular formula is C81H139NO8. The summed E-state index contributed by atoms with van der Waals surface area (Å²) in [6.45, 7) is 3.67. The molecule has 1 heterocycles. The molecule has 0 aliphatic carbocycles. The molecule has 1 fully saturated rings. The van der Waals surface area contributed by atoms with Gasteiger partial charge in [-0.05, 0) is 103 Å². The van der Waals surface area contributed by atoms with Gasteiger partial charge in [0.25, 0.3) is 0 Å². The zero-order valence-electron chi connectivity index (χ0n) is 57.9. The molecule has 9 nitrogen and oxygen atoms in total. The molecule has 6 N–H and O–H groups in total. The summed E-state index contributed by atoms with van der Waals surface area (Å²) in [7, 11) is 0. The molecule has 0 saturated carbocycles. The van der Waals surface area contributed by atoms with Crippen molar-refractivity contribution in [2.24, 2.45) is 0 Å². The average Bonchev–Trinajstić information content (AvgIpc) is 1.28. The summed E-state index contributed by atoms with van der Waals surface area (Å²) in [5.74, 6) is -0.200. The average molecular weight is 1260 g/mol. The Morgan fingerprint density at radius 2 is 0.700 bits per heavy atom. The van der Waals surface area contributed by atoms with Crippen molar-refractivity contribution in [3.63, 3.8) is 0 Å². The first-order valence-electron chi connectivity index (χ1n) is 37.4. The van der Waals surface area contributed by atoms with E-state index in [9.17, 15) is 30.3 Å². The molecule has 516 valence electrons. The molecule has 0 radical (unpaired) electrons. The molecule has 1 aliphatic rings. The molecule has 0 bridgehead atoms. The van der Waals surface area contributed by atoms with Crippen molar-refractivity contribution in [2.75, 3.05) is 13.2 Å². The predicted octanol–water partition coefficient (Wildman–Crippen LogP) is 21.1. The lowest BCUT2D eigenvalue weighted by Crippen LogP contribution is -2.60. The Labute approximate surface area is 553 Å². The molecule has 90 heavy (non-hydrogen) atoms. The first kappa shape index (κ1) is 84.3. The maximum Gasteiger partial charge on any atom is 0.220 e. The highest BCUT2D eigenvalue weighted by Crippen LogP contribution is 2.23. The van der Waals surface area contributed by atoms with Crippen molar-refractivity contribution in [1.29, 1.82) is 0 Å². The second kappa shape index (κ2) is 68.2. The number of unbranched alkanes of at least 4 members (excludes halogenated alkanes) is 34. The summed E-state index contributed by atoms with van der Waals surface area (Å²) in [5, 5.41) is 54.8. The second-order valence-corrected chi connectivity index (χ2v) is 25.3. The molecule has 7 unspecified atom stereocenters. The van der Waals surface area contributed by atoms with E-state index in [1.807, 2.05) is 6.08 Å². The van der Waals surface area contributed by atoms with Gasteiger partial charge in [0.05, 0.1) is 25.4 Å². The zero-order valence-corrected chi connectivity index (χ0v) is 57.9. The van der Waals surface area contributed by atoms with E-state index in [1.54, 1.807) is 6.08 Å². The number of carbonyl (C=O) groups excluding carboxylic acids is 1. The largest absolute Gasteiger partial charge is 0.394 e. The molecule has 0 aromatic heterocycles. The molecule has 0 aromatic rings. The highest BCUT2D eigenvalue weighted by Gasteiger charge is 2.44. The lowest BCUT2D eigenvalue weighted by molar-refractivity contribution is -0.302. The van der Waals surface area contributed by atoms with Crippen LogP contribution in [-0.2, 0) is 14.3 Å². The summed E-state index contributed by atoms with van der Waals surface area (Å²) in [5.41, 5.74) is 0. The summed E-state index contributed by atoms with van der Waals surface area (Å²) in [4.78, 5) is 13.1. The van der Waals surface area contributed by atoms with Crippen molar-refractivity contribution in [2.45, 2.75) is 358 Å². The van der Waals surface area contributed by atoms with Crippen molar-refractivity contribution in [1.82, 2.24) is 5.32 Å². The molecule has 9 heteroatoms. The van der Waals surface area contributed by atoms with Crippen molar-refractivity contribution < 1.29 is 39.8 Å². The van der Waals surface area contributed by atoms with Crippen LogP contribution >= 0.6 is 0 Å². The van der Waals surface area contributed by atoms with Crippen molar-refractivity contribution in [3.05, 3.63) is 134 Å². The van der Waals surface area contributed by atoms with E-state index in [1.165, 1.54) is 186 Å². The molecule has 1 saturated heterocycles. The van der Waals surface area contributed by atoms with E-state index in [0.29, 0.717) is 6.42 Å². The van der Waals surface area contributed by atoms with Crippen LogP contribution in [0.4, 0.5) is 0 Å². The molecular weight excluding hydrogens is 1110 g/mol. The molecule has 0 aromatic carbocycles. The number of hydrogen-bond donors (Lipinski definition) is 6. The number of allylic oxidation sites excluding steroid dienone is 21. The smallest absolute Gasteiger partial charge is 0.220 e. The van der Waals surface area contributed by atoms with Gasteiger partial charge in [-0.1, -0.05) is 340 Å². The van der Waals surface area contributed by atoms with Gasteiger partial charge in [0.1, 0.15) is 24.4 Å². The van der Waals surface area contributed by atoms with Gasteiger partial charge in [-0.2, -0.15) is 0 Å². The zero-order chi connectivity index (χ0) is 64.9. The maximum atomic E-state index is 13.1. The van der Waals surface area contributed by atoms with Crippen LogP contribution in [0.3, 0.4) is 0 Å². The predicted molar refractivity (Wildman–Crippen MR) is 387 cm³/mol. The van der Waals surface area contributed by atoms with Crippen LogP contribution in [0.5, 0.6) is 0 Å². The number of aliphatic hydroxyl groups excluding tert-OH is 5. The third-order valence-electron chi connectivity index (χ3n) is 17.0. The molecule has 1 rings (SSSR count). The van der Waals surface area contributed by atoms with Crippen LogP contribution in [0, 0.1) is 0 Å². The number of amides is 1. The van der Waals surface area contributed by atoms with Gasteiger partial charge >= 0.3 is 0 Å². The van der Waals surface area contributed by atoms with E-state index < -0.39 is 49.5 Å². The Bertz CT molecular complexity index is 1890. The lowest BCUT2D eigenvalue weighted by Gasteiger charge is -2.40. The summed E-state index contributed by atoms with van der Waals surface area (Å²) >= 11 is 0. The first-order valence-corrected chi connectivity index (χ1v) is 37.4. The Morgan fingerprint density at radius 3 is 1.07 bits per heavy atom. The minimum absolute atomic E-state index is 0.200. The number of ether oxygens (including phenoxy) is 2. The minimum Gasteiger partial charge on any atom is -0.394 e.